The number of pyridine rings is 1. The molecule has 2 aromatic rings. The fraction of sp³-hybridized carbons (Fsp3) is 0.368. The standard InChI is InChI=1S/C19H20FN3O2/c1-11-10-25-19-16(21-11)9-13(8-12-2-4-14(20)5-3-12)17(23-19)18(24)22-15-6-7-15/h2-5,9,11,15,21H,6-8,10H2,1H3,(H,22,24). The fourth-order valence-corrected chi connectivity index (χ4v) is 2.90. The molecule has 1 amide bonds. The average Bonchev–Trinajstić information content (AvgIpc) is 3.40. The minimum Gasteiger partial charge on any atom is -0.474 e. The SMILES string of the molecule is CC1COc2nc(C(=O)NC3CC3)c(Cc3ccc(F)cc3)cc2N1. The van der Waals surface area contributed by atoms with E-state index in [1.54, 1.807) is 12.1 Å². The van der Waals surface area contributed by atoms with Gasteiger partial charge in [-0.15, -0.1) is 0 Å². The first kappa shape index (κ1) is 15.9. The van der Waals surface area contributed by atoms with Crippen LogP contribution in [0.15, 0.2) is 30.3 Å². The van der Waals surface area contributed by atoms with Crippen molar-refractivity contribution < 1.29 is 13.9 Å². The molecule has 25 heavy (non-hydrogen) atoms. The van der Waals surface area contributed by atoms with Crippen LogP contribution in [0.3, 0.4) is 0 Å². The van der Waals surface area contributed by atoms with Crippen molar-refractivity contribution in [3.63, 3.8) is 0 Å². The maximum absolute atomic E-state index is 13.1. The number of nitrogens with one attached hydrogen (secondary N) is 2. The van der Waals surface area contributed by atoms with Crippen LogP contribution >= 0.6 is 0 Å². The summed E-state index contributed by atoms with van der Waals surface area (Å²) in [4.78, 5) is 17.1. The van der Waals surface area contributed by atoms with Gasteiger partial charge in [0.05, 0.1) is 11.7 Å². The number of carbonyl (C=O) groups is 1. The third-order valence-corrected chi connectivity index (χ3v) is 4.37. The molecule has 2 N–H and O–H groups in total. The van der Waals surface area contributed by atoms with E-state index in [9.17, 15) is 9.18 Å². The number of anilines is 1. The Kier molecular flexibility index (Phi) is 4.03. The first-order chi connectivity index (χ1) is 12.1. The number of ether oxygens (including phenoxy) is 1. The van der Waals surface area contributed by atoms with E-state index in [1.807, 2.05) is 13.0 Å². The second-order valence-electron chi connectivity index (χ2n) is 6.76. The average molecular weight is 341 g/mol. The second kappa shape index (κ2) is 6.35. The second-order valence-corrected chi connectivity index (χ2v) is 6.76. The van der Waals surface area contributed by atoms with Gasteiger partial charge in [0.2, 0.25) is 5.88 Å². The number of hydrogen-bond acceptors (Lipinski definition) is 4. The van der Waals surface area contributed by atoms with Crippen molar-refractivity contribution >= 4 is 11.6 Å². The molecule has 4 rings (SSSR count). The maximum Gasteiger partial charge on any atom is 0.270 e. The highest BCUT2D eigenvalue weighted by atomic mass is 19.1. The molecule has 1 saturated carbocycles. The van der Waals surface area contributed by atoms with Gasteiger partial charge in [0, 0.05) is 6.04 Å². The van der Waals surface area contributed by atoms with E-state index < -0.39 is 0 Å². The predicted octanol–water partition coefficient (Wildman–Crippen LogP) is 2.90. The quantitative estimate of drug-likeness (QED) is 0.898. The van der Waals surface area contributed by atoms with Crippen LogP contribution in [0, 0.1) is 5.82 Å². The number of fused-ring (bicyclic) bond motifs is 1. The summed E-state index contributed by atoms with van der Waals surface area (Å²) >= 11 is 0. The number of amides is 1. The third-order valence-electron chi connectivity index (χ3n) is 4.37. The molecule has 1 aliphatic heterocycles. The monoisotopic (exact) mass is 341 g/mol. The lowest BCUT2D eigenvalue weighted by atomic mass is 10.0. The smallest absolute Gasteiger partial charge is 0.270 e. The maximum atomic E-state index is 13.1. The molecule has 1 atom stereocenters. The molecule has 0 bridgehead atoms. The number of nitrogens with zero attached hydrogens (tertiary/aromatic N) is 1. The van der Waals surface area contributed by atoms with Crippen molar-refractivity contribution in [3.8, 4) is 5.88 Å². The summed E-state index contributed by atoms with van der Waals surface area (Å²) in [7, 11) is 0. The van der Waals surface area contributed by atoms with Gasteiger partial charge >= 0.3 is 0 Å². The highest BCUT2D eigenvalue weighted by Gasteiger charge is 2.27. The molecule has 130 valence electrons. The fourth-order valence-electron chi connectivity index (χ4n) is 2.90. The lowest BCUT2D eigenvalue weighted by Crippen LogP contribution is -2.31. The first-order valence-electron chi connectivity index (χ1n) is 8.57. The van der Waals surface area contributed by atoms with E-state index in [0.29, 0.717) is 24.6 Å². The Bertz CT molecular complexity index is 803. The number of rotatable bonds is 4. The van der Waals surface area contributed by atoms with E-state index in [0.717, 1.165) is 29.7 Å². The zero-order valence-corrected chi connectivity index (χ0v) is 14.0. The van der Waals surface area contributed by atoms with Crippen molar-refractivity contribution in [1.29, 1.82) is 0 Å². The van der Waals surface area contributed by atoms with Crippen LogP contribution in [0.25, 0.3) is 0 Å². The lowest BCUT2D eigenvalue weighted by Gasteiger charge is -2.25. The van der Waals surface area contributed by atoms with Gasteiger partial charge in [0.1, 0.15) is 18.1 Å². The molecule has 0 radical (unpaired) electrons. The zero-order chi connectivity index (χ0) is 17.4. The number of aromatic nitrogens is 1. The summed E-state index contributed by atoms with van der Waals surface area (Å²) in [5.74, 6) is 0.00874. The van der Waals surface area contributed by atoms with Crippen LogP contribution in [-0.2, 0) is 6.42 Å². The Labute approximate surface area is 145 Å². The van der Waals surface area contributed by atoms with E-state index in [-0.39, 0.29) is 23.8 Å². The van der Waals surface area contributed by atoms with Crippen molar-refractivity contribution in [2.75, 3.05) is 11.9 Å². The molecule has 0 saturated heterocycles. The van der Waals surface area contributed by atoms with Crippen LogP contribution in [0.2, 0.25) is 0 Å². The van der Waals surface area contributed by atoms with Gasteiger partial charge in [0.15, 0.2) is 0 Å². The molecule has 1 aromatic carbocycles. The van der Waals surface area contributed by atoms with Gasteiger partial charge in [0.25, 0.3) is 5.91 Å². The lowest BCUT2D eigenvalue weighted by molar-refractivity contribution is 0.0944. The van der Waals surface area contributed by atoms with Gasteiger partial charge in [-0.05, 0) is 55.5 Å². The van der Waals surface area contributed by atoms with E-state index in [1.165, 1.54) is 12.1 Å². The topological polar surface area (TPSA) is 63.2 Å². The van der Waals surface area contributed by atoms with Gasteiger partial charge < -0.3 is 15.4 Å². The molecule has 1 aromatic heterocycles. The summed E-state index contributed by atoms with van der Waals surface area (Å²) < 4.78 is 18.8. The molecule has 1 unspecified atom stereocenters. The molecular formula is C19H20FN3O2. The molecular weight excluding hydrogens is 321 g/mol. The molecule has 6 heteroatoms. The highest BCUT2D eigenvalue weighted by Crippen LogP contribution is 2.31. The van der Waals surface area contributed by atoms with Crippen LogP contribution in [-0.4, -0.2) is 29.6 Å². The Hall–Kier alpha value is -2.63. The van der Waals surface area contributed by atoms with Crippen LogP contribution in [0.5, 0.6) is 5.88 Å². The first-order valence-corrected chi connectivity index (χ1v) is 8.57. The zero-order valence-electron chi connectivity index (χ0n) is 14.0. The van der Waals surface area contributed by atoms with Crippen molar-refractivity contribution in [1.82, 2.24) is 10.3 Å². The van der Waals surface area contributed by atoms with Crippen LogP contribution in [0.1, 0.15) is 41.4 Å². The van der Waals surface area contributed by atoms with Gasteiger partial charge in [-0.2, -0.15) is 0 Å². The minimum absolute atomic E-state index is 0.176. The Morgan fingerprint density at radius 3 is 2.84 bits per heavy atom. The van der Waals surface area contributed by atoms with Crippen molar-refractivity contribution in [2.45, 2.75) is 38.3 Å². The molecule has 1 fully saturated rings. The van der Waals surface area contributed by atoms with Crippen molar-refractivity contribution in [3.05, 3.63) is 53.0 Å². The summed E-state index contributed by atoms with van der Waals surface area (Å²) in [6, 6.07) is 8.65. The molecule has 1 aliphatic carbocycles. The van der Waals surface area contributed by atoms with E-state index in [2.05, 4.69) is 15.6 Å². The van der Waals surface area contributed by atoms with Crippen molar-refractivity contribution in [2.24, 2.45) is 0 Å². The van der Waals surface area contributed by atoms with Gasteiger partial charge in [-0.3, -0.25) is 4.79 Å². The number of benzene rings is 1. The number of halogens is 1. The largest absolute Gasteiger partial charge is 0.474 e. The van der Waals surface area contributed by atoms with Gasteiger partial charge in [-0.25, -0.2) is 9.37 Å². The summed E-state index contributed by atoms with van der Waals surface area (Å²) in [5, 5.41) is 6.32. The molecule has 2 aliphatic rings. The van der Waals surface area contributed by atoms with E-state index in [4.69, 9.17) is 4.74 Å². The summed E-state index contributed by atoms with van der Waals surface area (Å²) in [6.45, 7) is 2.54. The highest BCUT2D eigenvalue weighted by molar-refractivity contribution is 5.95. The minimum atomic E-state index is -0.275. The third kappa shape index (κ3) is 3.57. The molecule has 5 nitrogen and oxygen atoms in total. The Morgan fingerprint density at radius 2 is 2.12 bits per heavy atom. The van der Waals surface area contributed by atoms with Crippen LogP contribution < -0.4 is 15.4 Å². The predicted molar refractivity (Wildman–Crippen MR) is 92.5 cm³/mol. The Morgan fingerprint density at radius 1 is 1.36 bits per heavy atom. The normalized spacial score (nSPS) is 18.7. The molecule has 2 heterocycles. The van der Waals surface area contributed by atoms with Gasteiger partial charge in [-0.1, -0.05) is 12.1 Å². The van der Waals surface area contributed by atoms with E-state index >= 15 is 0 Å². The molecule has 0 spiro atoms. The number of hydrogen-bond donors (Lipinski definition) is 2. The Balaban J connectivity index is 1.69. The summed E-state index contributed by atoms with van der Waals surface area (Å²) in [6.07, 6.45) is 2.53. The summed E-state index contributed by atoms with van der Waals surface area (Å²) in [5.41, 5.74) is 2.90. The van der Waals surface area contributed by atoms with Crippen LogP contribution in [0.4, 0.5) is 10.1 Å². The number of carbonyl (C=O) groups excluding carboxylic acids is 1.